The van der Waals surface area contributed by atoms with Crippen LogP contribution in [-0.4, -0.2) is 4.98 Å². The number of aromatic nitrogens is 1. The third-order valence-electron chi connectivity index (χ3n) is 3.88. The van der Waals surface area contributed by atoms with Crippen LogP contribution < -0.4 is 11.3 Å². The Bertz CT molecular complexity index is 630. The molecule has 0 amide bonds. The predicted octanol–water partition coefficient (Wildman–Crippen LogP) is 3.84. The number of nitrogens with two attached hydrogens (primary N) is 1. The van der Waals surface area contributed by atoms with E-state index in [2.05, 4.69) is 54.4 Å². The van der Waals surface area contributed by atoms with Crippen LogP contribution in [0.5, 0.6) is 0 Å². The zero-order valence-electron chi connectivity index (χ0n) is 10.8. The Morgan fingerprint density at radius 3 is 2.95 bits per heavy atom. The van der Waals surface area contributed by atoms with Crippen molar-refractivity contribution in [2.75, 3.05) is 0 Å². The van der Waals surface area contributed by atoms with Crippen LogP contribution in [0, 0.1) is 0 Å². The van der Waals surface area contributed by atoms with Gasteiger partial charge in [0.25, 0.3) is 0 Å². The van der Waals surface area contributed by atoms with Gasteiger partial charge in [-0.2, -0.15) is 0 Å². The summed E-state index contributed by atoms with van der Waals surface area (Å²) in [4.78, 5) is 4.56. The highest BCUT2D eigenvalue weighted by molar-refractivity contribution is 9.11. The van der Waals surface area contributed by atoms with Crippen LogP contribution >= 0.6 is 31.9 Å². The standard InChI is InChI=1S/C15H15Br2N3/c16-10-4-6-13(17)12(8-10)15(20-18)11-5-3-9-2-1-7-19-14(9)11/h1-2,4,6-8,11,15,20H,3,5,18H2. The van der Waals surface area contributed by atoms with E-state index in [4.69, 9.17) is 5.84 Å². The molecule has 0 radical (unpaired) electrons. The van der Waals surface area contributed by atoms with Gasteiger partial charge in [-0.05, 0) is 48.2 Å². The number of pyridine rings is 1. The SMILES string of the molecule is NNC(c1cc(Br)ccc1Br)C1CCc2cccnc21. The molecule has 5 heteroatoms. The lowest BCUT2D eigenvalue weighted by Crippen LogP contribution is -2.32. The summed E-state index contributed by atoms with van der Waals surface area (Å²) < 4.78 is 2.11. The number of rotatable bonds is 3. The van der Waals surface area contributed by atoms with Crippen molar-refractivity contribution in [1.82, 2.24) is 10.4 Å². The first-order valence-corrected chi connectivity index (χ1v) is 8.14. The molecule has 0 aliphatic heterocycles. The Labute approximate surface area is 135 Å². The van der Waals surface area contributed by atoms with Crippen molar-refractivity contribution in [3.8, 4) is 0 Å². The van der Waals surface area contributed by atoms with Crippen LogP contribution in [0.15, 0.2) is 45.5 Å². The molecule has 1 aromatic heterocycles. The quantitative estimate of drug-likeness (QED) is 0.612. The Kier molecular flexibility index (Phi) is 4.21. The number of nitrogens with zero attached hydrogens (tertiary/aromatic N) is 1. The average molecular weight is 397 g/mol. The summed E-state index contributed by atoms with van der Waals surface area (Å²) in [5.74, 6) is 6.15. The van der Waals surface area contributed by atoms with Crippen molar-refractivity contribution in [1.29, 1.82) is 0 Å². The lowest BCUT2D eigenvalue weighted by atomic mass is 9.91. The average Bonchev–Trinajstić information content (AvgIpc) is 2.88. The first-order chi connectivity index (χ1) is 9.70. The molecule has 0 bridgehead atoms. The van der Waals surface area contributed by atoms with Crippen molar-refractivity contribution in [3.63, 3.8) is 0 Å². The summed E-state index contributed by atoms with van der Waals surface area (Å²) in [6, 6.07) is 10.4. The highest BCUT2D eigenvalue weighted by atomic mass is 79.9. The van der Waals surface area contributed by atoms with Gasteiger partial charge in [-0.3, -0.25) is 16.3 Å². The third-order valence-corrected chi connectivity index (χ3v) is 5.09. The molecule has 2 atom stereocenters. The first kappa shape index (κ1) is 14.2. The molecule has 0 fully saturated rings. The molecule has 0 saturated carbocycles. The molecule has 1 aliphatic rings. The molecule has 1 aromatic carbocycles. The van der Waals surface area contributed by atoms with E-state index < -0.39 is 0 Å². The highest BCUT2D eigenvalue weighted by Crippen LogP contribution is 2.42. The van der Waals surface area contributed by atoms with E-state index in [1.807, 2.05) is 24.4 Å². The largest absolute Gasteiger partial charge is 0.271 e. The number of nitrogens with one attached hydrogen (secondary N) is 1. The number of benzene rings is 1. The van der Waals surface area contributed by atoms with Crippen molar-refractivity contribution < 1.29 is 0 Å². The van der Waals surface area contributed by atoms with Gasteiger partial charge in [0.2, 0.25) is 0 Å². The van der Waals surface area contributed by atoms with E-state index in [0.717, 1.165) is 27.4 Å². The maximum absolute atomic E-state index is 5.85. The third kappa shape index (κ3) is 2.55. The molecule has 0 saturated heterocycles. The molecular weight excluding hydrogens is 382 g/mol. The minimum Gasteiger partial charge on any atom is -0.271 e. The Morgan fingerprint density at radius 1 is 1.30 bits per heavy atom. The van der Waals surface area contributed by atoms with Gasteiger partial charge in [-0.25, -0.2) is 0 Å². The molecule has 104 valence electrons. The molecule has 1 heterocycles. The Hall–Kier alpha value is -0.750. The minimum atomic E-state index is 0.0537. The molecule has 0 spiro atoms. The number of halogens is 2. The second-order valence-corrected chi connectivity index (χ2v) is 6.77. The second kappa shape index (κ2) is 5.93. The second-order valence-electron chi connectivity index (χ2n) is 5.00. The van der Waals surface area contributed by atoms with Gasteiger partial charge in [0.1, 0.15) is 0 Å². The van der Waals surface area contributed by atoms with Gasteiger partial charge >= 0.3 is 0 Å². The Morgan fingerprint density at radius 2 is 2.15 bits per heavy atom. The lowest BCUT2D eigenvalue weighted by molar-refractivity contribution is 0.445. The predicted molar refractivity (Wildman–Crippen MR) is 87.2 cm³/mol. The molecule has 3 nitrogen and oxygen atoms in total. The lowest BCUT2D eigenvalue weighted by Gasteiger charge is -2.24. The molecule has 2 unspecified atom stereocenters. The molecular formula is C15H15Br2N3. The number of aryl methyl sites for hydroxylation is 1. The molecule has 20 heavy (non-hydrogen) atoms. The summed E-state index contributed by atoms with van der Waals surface area (Å²) in [7, 11) is 0. The maximum atomic E-state index is 5.85. The van der Waals surface area contributed by atoms with Crippen LogP contribution in [0.25, 0.3) is 0 Å². The van der Waals surface area contributed by atoms with E-state index in [1.54, 1.807) is 0 Å². The van der Waals surface area contributed by atoms with Crippen molar-refractivity contribution in [2.45, 2.75) is 24.8 Å². The fourth-order valence-electron chi connectivity index (χ4n) is 2.94. The maximum Gasteiger partial charge on any atom is 0.0555 e. The topological polar surface area (TPSA) is 50.9 Å². The van der Waals surface area contributed by atoms with Crippen LogP contribution in [0.1, 0.15) is 35.2 Å². The zero-order valence-corrected chi connectivity index (χ0v) is 14.0. The van der Waals surface area contributed by atoms with E-state index >= 15 is 0 Å². The van der Waals surface area contributed by atoms with E-state index in [-0.39, 0.29) is 6.04 Å². The smallest absolute Gasteiger partial charge is 0.0555 e. The summed E-state index contributed by atoms with van der Waals surface area (Å²) in [5, 5.41) is 0. The summed E-state index contributed by atoms with van der Waals surface area (Å²) >= 11 is 7.15. The van der Waals surface area contributed by atoms with Crippen molar-refractivity contribution >= 4 is 31.9 Å². The molecule has 3 N–H and O–H groups in total. The monoisotopic (exact) mass is 395 g/mol. The fourth-order valence-corrected chi connectivity index (χ4v) is 3.82. The summed E-state index contributed by atoms with van der Waals surface area (Å²) in [5.41, 5.74) is 6.64. The molecule has 3 rings (SSSR count). The molecule has 2 aromatic rings. The highest BCUT2D eigenvalue weighted by Gasteiger charge is 2.32. The van der Waals surface area contributed by atoms with Crippen LogP contribution in [0.3, 0.4) is 0 Å². The van der Waals surface area contributed by atoms with E-state index in [0.29, 0.717) is 5.92 Å². The summed E-state index contributed by atoms with van der Waals surface area (Å²) in [6.45, 7) is 0. The van der Waals surface area contributed by atoms with Gasteiger partial charge in [-0.1, -0.05) is 37.9 Å². The number of fused-ring (bicyclic) bond motifs is 1. The van der Waals surface area contributed by atoms with Crippen LogP contribution in [0.4, 0.5) is 0 Å². The van der Waals surface area contributed by atoms with Gasteiger partial charge in [0.05, 0.1) is 6.04 Å². The van der Waals surface area contributed by atoms with E-state index in [1.165, 1.54) is 11.3 Å². The zero-order chi connectivity index (χ0) is 14.1. The Balaban J connectivity index is 2.01. The van der Waals surface area contributed by atoms with Gasteiger partial charge in [0.15, 0.2) is 0 Å². The minimum absolute atomic E-state index is 0.0537. The van der Waals surface area contributed by atoms with Gasteiger partial charge < -0.3 is 0 Å². The normalized spacial score (nSPS) is 18.9. The van der Waals surface area contributed by atoms with Crippen molar-refractivity contribution in [3.05, 3.63) is 62.3 Å². The van der Waals surface area contributed by atoms with Gasteiger partial charge in [0, 0.05) is 26.8 Å². The molecule has 1 aliphatic carbocycles. The van der Waals surface area contributed by atoms with E-state index in [9.17, 15) is 0 Å². The fraction of sp³-hybridized carbons (Fsp3) is 0.267. The van der Waals surface area contributed by atoms with Crippen molar-refractivity contribution in [2.24, 2.45) is 5.84 Å². The van der Waals surface area contributed by atoms with Crippen LogP contribution in [0.2, 0.25) is 0 Å². The number of hydrogen-bond acceptors (Lipinski definition) is 3. The van der Waals surface area contributed by atoms with Gasteiger partial charge in [-0.15, -0.1) is 0 Å². The summed E-state index contributed by atoms with van der Waals surface area (Å²) in [6.07, 6.45) is 4.00. The first-order valence-electron chi connectivity index (χ1n) is 6.55. The number of hydrogen-bond donors (Lipinski definition) is 2. The number of hydrazine groups is 1. The van der Waals surface area contributed by atoms with Crippen LogP contribution in [-0.2, 0) is 6.42 Å².